The summed E-state index contributed by atoms with van der Waals surface area (Å²) >= 11 is 0. The van der Waals surface area contributed by atoms with E-state index in [1.54, 1.807) is 0 Å². The first-order chi connectivity index (χ1) is 9.56. The molecule has 1 heterocycles. The van der Waals surface area contributed by atoms with Crippen LogP contribution in [0.25, 0.3) is 0 Å². The number of hydrogen-bond acceptors (Lipinski definition) is 3. The molecule has 1 aliphatic rings. The Labute approximate surface area is 123 Å². The number of likely N-dealkylation sites (N-methyl/N-ethyl adjacent to an activating group) is 1. The molecule has 1 saturated heterocycles. The molecule has 0 amide bonds. The Morgan fingerprint density at radius 3 is 2.80 bits per heavy atom. The smallest absolute Gasteiger partial charge is 0.120 e. The van der Waals surface area contributed by atoms with Gasteiger partial charge in [-0.15, -0.1) is 0 Å². The van der Waals surface area contributed by atoms with Crippen molar-refractivity contribution < 1.29 is 4.74 Å². The summed E-state index contributed by atoms with van der Waals surface area (Å²) in [5.41, 5.74) is 2.47. The lowest BCUT2D eigenvalue weighted by Crippen LogP contribution is -2.40. The van der Waals surface area contributed by atoms with Crippen LogP contribution >= 0.6 is 0 Å². The Balaban J connectivity index is 1.92. The average Bonchev–Trinajstić information content (AvgIpc) is 2.39. The molecule has 0 saturated carbocycles. The molecule has 0 spiro atoms. The first kappa shape index (κ1) is 15.2. The van der Waals surface area contributed by atoms with E-state index >= 15 is 0 Å². The fourth-order valence-electron chi connectivity index (χ4n) is 2.81. The van der Waals surface area contributed by atoms with Gasteiger partial charge in [0.25, 0.3) is 0 Å². The van der Waals surface area contributed by atoms with Gasteiger partial charge in [0.1, 0.15) is 5.75 Å². The normalized spacial score (nSPS) is 20.1. The minimum Gasteiger partial charge on any atom is -0.491 e. The third-order valence-corrected chi connectivity index (χ3v) is 4.02. The lowest BCUT2D eigenvalue weighted by Gasteiger charge is -2.33. The molecule has 3 nitrogen and oxygen atoms in total. The Morgan fingerprint density at radius 2 is 2.15 bits per heavy atom. The van der Waals surface area contributed by atoms with Gasteiger partial charge in [-0.1, -0.05) is 6.42 Å². The summed E-state index contributed by atoms with van der Waals surface area (Å²) in [7, 11) is 2.23. The monoisotopic (exact) mass is 276 g/mol. The van der Waals surface area contributed by atoms with E-state index in [0.29, 0.717) is 6.04 Å². The Hall–Kier alpha value is -1.22. The van der Waals surface area contributed by atoms with Crippen molar-refractivity contribution in [1.82, 2.24) is 4.90 Å². The number of likely N-dealkylation sites (tertiary alicyclic amines) is 1. The van der Waals surface area contributed by atoms with Gasteiger partial charge in [-0.25, -0.2) is 0 Å². The molecule has 112 valence electrons. The molecular formula is C17H28N2O. The van der Waals surface area contributed by atoms with Crippen molar-refractivity contribution in [1.29, 1.82) is 0 Å². The summed E-state index contributed by atoms with van der Waals surface area (Å²) in [6, 6.07) is 6.97. The molecule has 1 unspecified atom stereocenters. The van der Waals surface area contributed by atoms with Gasteiger partial charge in [0, 0.05) is 18.3 Å². The lowest BCUT2D eigenvalue weighted by atomic mass is 10.0. The van der Waals surface area contributed by atoms with Gasteiger partial charge in [0.05, 0.1) is 6.10 Å². The van der Waals surface area contributed by atoms with Crippen LogP contribution < -0.4 is 10.1 Å². The molecule has 1 aliphatic heterocycles. The van der Waals surface area contributed by atoms with Crippen LogP contribution in [-0.4, -0.2) is 37.2 Å². The molecule has 3 heteroatoms. The van der Waals surface area contributed by atoms with E-state index in [0.717, 1.165) is 12.3 Å². The fraction of sp³-hybridized carbons (Fsp3) is 0.647. The molecule has 2 rings (SSSR count). The van der Waals surface area contributed by atoms with Gasteiger partial charge < -0.3 is 15.0 Å². The average molecular weight is 276 g/mol. The zero-order valence-electron chi connectivity index (χ0n) is 13.3. The number of piperidine rings is 1. The zero-order valence-corrected chi connectivity index (χ0v) is 13.3. The lowest BCUT2D eigenvalue weighted by molar-refractivity contribution is 0.194. The van der Waals surface area contributed by atoms with Crippen molar-refractivity contribution in [3.8, 4) is 5.75 Å². The van der Waals surface area contributed by atoms with E-state index in [2.05, 4.69) is 56.2 Å². The van der Waals surface area contributed by atoms with Crippen molar-refractivity contribution in [3.05, 3.63) is 23.8 Å². The first-order valence-corrected chi connectivity index (χ1v) is 7.77. The molecular weight excluding hydrogens is 248 g/mol. The first-order valence-electron chi connectivity index (χ1n) is 7.77. The number of nitrogens with zero attached hydrogens (tertiary/aromatic N) is 1. The van der Waals surface area contributed by atoms with Crippen LogP contribution in [0.1, 0.15) is 38.7 Å². The molecule has 1 aromatic carbocycles. The van der Waals surface area contributed by atoms with Gasteiger partial charge in [-0.3, -0.25) is 0 Å². The number of aryl methyl sites for hydroxylation is 1. The van der Waals surface area contributed by atoms with E-state index in [1.165, 1.54) is 37.1 Å². The van der Waals surface area contributed by atoms with Crippen molar-refractivity contribution in [2.24, 2.45) is 0 Å². The number of hydrogen-bond donors (Lipinski definition) is 1. The second kappa shape index (κ2) is 6.98. The molecule has 1 fully saturated rings. The van der Waals surface area contributed by atoms with Gasteiger partial charge >= 0.3 is 0 Å². The second-order valence-corrected chi connectivity index (χ2v) is 6.15. The maximum atomic E-state index is 5.73. The maximum absolute atomic E-state index is 5.73. The summed E-state index contributed by atoms with van der Waals surface area (Å²) in [6.45, 7) is 8.51. The van der Waals surface area contributed by atoms with Crippen molar-refractivity contribution in [3.63, 3.8) is 0 Å². The van der Waals surface area contributed by atoms with E-state index in [-0.39, 0.29) is 6.10 Å². The molecule has 0 bridgehead atoms. The summed E-state index contributed by atoms with van der Waals surface area (Å²) in [5.74, 6) is 0.956. The number of anilines is 1. The Bertz CT molecular complexity index is 431. The molecule has 20 heavy (non-hydrogen) atoms. The number of ether oxygens (including phenoxy) is 1. The van der Waals surface area contributed by atoms with Crippen LogP contribution in [0.5, 0.6) is 5.75 Å². The molecule has 0 aliphatic carbocycles. The van der Waals surface area contributed by atoms with E-state index in [4.69, 9.17) is 4.74 Å². The number of benzene rings is 1. The highest BCUT2D eigenvalue weighted by molar-refractivity contribution is 5.53. The van der Waals surface area contributed by atoms with Crippen LogP contribution in [0.2, 0.25) is 0 Å². The summed E-state index contributed by atoms with van der Waals surface area (Å²) < 4.78 is 5.73. The highest BCUT2D eigenvalue weighted by atomic mass is 16.5. The van der Waals surface area contributed by atoms with Crippen LogP contribution in [0.3, 0.4) is 0 Å². The minimum absolute atomic E-state index is 0.226. The molecule has 1 N–H and O–H groups in total. The van der Waals surface area contributed by atoms with E-state index in [9.17, 15) is 0 Å². The SMILES string of the molecule is Cc1cc(OC(C)C)ccc1NCC1CCCCN1C. The van der Waals surface area contributed by atoms with Gasteiger partial charge in [-0.2, -0.15) is 0 Å². The molecule has 0 radical (unpaired) electrons. The predicted molar refractivity (Wildman–Crippen MR) is 85.7 cm³/mol. The number of nitrogens with one attached hydrogen (secondary N) is 1. The van der Waals surface area contributed by atoms with Crippen LogP contribution in [0.15, 0.2) is 18.2 Å². The van der Waals surface area contributed by atoms with E-state index < -0.39 is 0 Å². The number of rotatable bonds is 5. The summed E-state index contributed by atoms with van der Waals surface area (Å²) in [6.07, 6.45) is 4.23. The fourth-order valence-corrected chi connectivity index (χ4v) is 2.81. The standard InChI is InChI=1S/C17H28N2O/c1-13(2)20-16-8-9-17(14(3)11-16)18-12-15-7-5-6-10-19(15)4/h8-9,11,13,15,18H,5-7,10,12H2,1-4H3. The van der Waals surface area contributed by atoms with Gasteiger partial charge in [0.15, 0.2) is 0 Å². The minimum atomic E-state index is 0.226. The van der Waals surface area contributed by atoms with Crippen LogP contribution in [-0.2, 0) is 0 Å². The summed E-state index contributed by atoms with van der Waals surface area (Å²) in [4.78, 5) is 2.47. The Kier molecular flexibility index (Phi) is 5.30. The third-order valence-electron chi connectivity index (χ3n) is 4.02. The van der Waals surface area contributed by atoms with Gasteiger partial charge in [-0.05, 0) is 71.0 Å². The van der Waals surface area contributed by atoms with Crippen molar-refractivity contribution in [2.75, 3.05) is 25.5 Å². The van der Waals surface area contributed by atoms with Crippen molar-refractivity contribution >= 4 is 5.69 Å². The summed E-state index contributed by atoms with van der Waals surface area (Å²) in [5, 5.41) is 3.60. The van der Waals surface area contributed by atoms with Gasteiger partial charge in [0.2, 0.25) is 0 Å². The quantitative estimate of drug-likeness (QED) is 0.888. The molecule has 1 atom stereocenters. The van der Waals surface area contributed by atoms with Crippen molar-refractivity contribution in [2.45, 2.75) is 52.2 Å². The largest absolute Gasteiger partial charge is 0.491 e. The highest BCUT2D eigenvalue weighted by Crippen LogP contribution is 2.23. The maximum Gasteiger partial charge on any atom is 0.120 e. The molecule has 1 aromatic rings. The second-order valence-electron chi connectivity index (χ2n) is 6.15. The highest BCUT2D eigenvalue weighted by Gasteiger charge is 2.18. The molecule has 0 aromatic heterocycles. The van der Waals surface area contributed by atoms with Crippen LogP contribution in [0, 0.1) is 6.92 Å². The van der Waals surface area contributed by atoms with Crippen LogP contribution in [0.4, 0.5) is 5.69 Å². The Morgan fingerprint density at radius 1 is 1.35 bits per heavy atom. The van der Waals surface area contributed by atoms with E-state index in [1.807, 2.05) is 0 Å². The zero-order chi connectivity index (χ0) is 14.5. The third kappa shape index (κ3) is 4.14. The topological polar surface area (TPSA) is 24.5 Å². The predicted octanol–water partition coefficient (Wildman–Crippen LogP) is 3.68.